The van der Waals surface area contributed by atoms with Crippen molar-refractivity contribution in [3.05, 3.63) is 49.0 Å². The molecule has 0 aliphatic carbocycles. The van der Waals surface area contributed by atoms with E-state index in [1.807, 2.05) is 0 Å². The predicted molar refractivity (Wildman–Crippen MR) is 93.2 cm³/mol. The average molecular weight is 399 g/mol. The summed E-state index contributed by atoms with van der Waals surface area (Å²) in [4.78, 5) is 3.96. The summed E-state index contributed by atoms with van der Waals surface area (Å²) in [6.07, 6.45) is 0. The average Bonchev–Trinajstić information content (AvgIpc) is 2.45. The van der Waals surface area contributed by atoms with E-state index in [0.29, 0.717) is 16.3 Å². The Morgan fingerprint density at radius 3 is 2.41 bits per heavy atom. The number of aromatic nitrogens is 1. The Labute approximate surface area is 151 Å². The number of benzene rings is 1. The molecule has 0 aliphatic heterocycles. The molecule has 0 unspecified atom stereocenters. The Morgan fingerprint density at radius 2 is 1.73 bits per heavy atom. The van der Waals surface area contributed by atoms with Crippen molar-refractivity contribution in [1.82, 2.24) is 4.98 Å². The molecule has 9 heteroatoms. The Hall–Kier alpha value is -0.910. The molecule has 0 atom stereocenters. The number of hydrogen-bond donors (Lipinski definition) is 2. The zero-order valence-corrected chi connectivity index (χ0v) is 14.7. The highest BCUT2D eigenvalue weighted by Gasteiger charge is 2.12. The highest BCUT2D eigenvalue weighted by Crippen LogP contribution is 2.32. The molecule has 0 saturated heterocycles. The third-order valence-corrected chi connectivity index (χ3v) is 4.10. The molecule has 1 heterocycles. The van der Waals surface area contributed by atoms with Crippen LogP contribution < -0.4 is 5.43 Å². The van der Waals surface area contributed by atoms with Gasteiger partial charge in [-0.2, -0.15) is 5.10 Å². The highest BCUT2D eigenvalue weighted by molar-refractivity contribution is 6.43. The number of phenols is 1. The second-order valence-corrected chi connectivity index (χ2v) is 6.20. The summed E-state index contributed by atoms with van der Waals surface area (Å²) < 4.78 is 0. The third-order valence-electron chi connectivity index (χ3n) is 2.63. The quantitative estimate of drug-likeness (QED) is 0.384. The van der Waals surface area contributed by atoms with E-state index in [9.17, 15) is 5.11 Å². The fourth-order valence-corrected chi connectivity index (χ4v) is 2.59. The SMILES string of the molecule is C/C(=N\Nc1nc(Cl)c(Cl)cc1Cl)c1cc(Cl)cc(Cl)c1O. The first-order chi connectivity index (χ1) is 10.3. The summed E-state index contributed by atoms with van der Waals surface area (Å²) in [5.74, 6) is 0.102. The maximum Gasteiger partial charge on any atom is 0.166 e. The molecule has 2 N–H and O–H groups in total. The highest BCUT2D eigenvalue weighted by atomic mass is 35.5. The van der Waals surface area contributed by atoms with Crippen LogP contribution >= 0.6 is 58.0 Å². The lowest BCUT2D eigenvalue weighted by molar-refractivity contribution is 0.474. The Kier molecular flexibility index (Phi) is 5.64. The number of phenolic OH excluding ortho intramolecular Hbond substituents is 1. The van der Waals surface area contributed by atoms with Crippen molar-refractivity contribution in [3.63, 3.8) is 0 Å². The van der Waals surface area contributed by atoms with Gasteiger partial charge in [-0.3, -0.25) is 5.43 Å². The Balaban J connectivity index is 2.33. The van der Waals surface area contributed by atoms with E-state index >= 15 is 0 Å². The van der Waals surface area contributed by atoms with Crippen molar-refractivity contribution >= 4 is 69.5 Å². The summed E-state index contributed by atoms with van der Waals surface area (Å²) in [6.45, 7) is 1.65. The van der Waals surface area contributed by atoms with Gasteiger partial charge in [0.05, 0.1) is 20.8 Å². The van der Waals surface area contributed by atoms with Crippen LogP contribution in [0, 0.1) is 0 Å². The topological polar surface area (TPSA) is 57.5 Å². The van der Waals surface area contributed by atoms with Crippen molar-refractivity contribution in [1.29, 1.82) is 0 Å². The molecular weight excluding hydrogens is 391 g/mol. The number of pyridine rings is 1. The molecule has 1 aromatic heterocycles. The molecule has 116 valence electrons. The van der Waals surface area contributed by atoms with Crippen LogP contribution in [0.1, 0.15) is 12.5 Å². The molecule has 0 spiro atoms. The first-order valence-corrected chi connectivity index (χ1v) is 7.68. The van der Waals surface area contributed by atoms with Crippen molar-refractivity contribution in [2.45, 2.75) is 6.92 Å². The lowest BCUT2D eigenvalue weighted by Crippen LogP contribution is -2.02. The maximum atomic E-state index is 9.95. The maximum absolute atomic E-state index is 9.95. The minimum absolute atomic E-state index is 0.0927. The standard InChI is InChI=1S/C13H8Cl5N3O/c1-5(7-2-6(14)3-8(15)11(7)22)20-21-13-10(17)4-9(16)12(18)19-13/h2-4,22H,1H3,(H,19,21)/b20-5+. The lowest BCUT2D eigenvalue weighted by Gasteiger charge is -2.08. The Morgan fingerprint density at radius 1 is 1.05 bits per heavy atom. The van der Waals surface area contributed by atoms with E-state index in [0.717, 1.165) is 0 Å². The van der Waals surface area contributed by atoms with Crippen LogP contribution in [-0.4, -0.2) is 15.8 Å². The Bertz CT molecular complexity index is 764. The second-order valence-electron chi connectivity index (χ2n) is 4.18. The van der Waals surface area contributed by atoms with Crippen LogP contribution in [0.3, 0.4) is 0 Å². The third kappa shape index (κ3) is 3.89. The summed E-state index contributed by atoms with van der Waals surface area (Å²) in [6, 6.07) is 4.41. The van der Waals surface area contributed by atoms with Gasteiger partial charge < -0.3 is 5.11 Å². The summed E-state index contributed by atoms with van der Waals surface area (Å²) in [5, 5.41) is 15.1. The summed E-state index contributed by atoms with van der Waals surface area (Å²) in [7, 11) is 0. The van der Waals surface area contributed by atoms with Crippen LogP contribution in [0.4, 0.5) is 5.82 Å². The zero-order valence-electron chi connectivity index (χ0n) is 11.0. The lowest BCUT2D eigenvalue weighted by atomic mass is 10.1. The van der Waals surface area contributed by atoms with Crippen molar-refractivity contribution in [3.8, 4) is 5.75 Å². The molecule has 22 heavy (non-hydrogen) atoms. The number of halogens is 5. The number of anilines is 1. The number of hydrogen-bond acceptors (Lipinski definition) is 4. The second kappa shape index (κ2) is 7.11. The van der Waals surface area contributed by atoms with Crippen molar-refractivity contribution in [2.24, 2.45) is 5.10 Å². The van der Waals surface area contributed by atoms with Crippen LogP contribution in [0.5, 0.6) is 5.75 Å². The minimum atomic E-state index is -0.123. The van der Waals surface area contributed by atoms with E-state index < -0.39 is 0 Å². The fraction of sp³-hybridized carbons (Fsp3) is 0.0769. The predicted octanol–water partition coefficient (Wildman–Crippen LogP) is 5.89. The van der Waals surface area contributed by atoms with Gasteiger partial charge in [-0.1, -0.05) is 58.0 Å². The first-order valence-electron chi connectivity index (χ1n) is 5.79. The van der Waals surface area contributed by atoms with Crippen LogP contribution in [-0.2, 0) is 0 Å². The van der Waals surface area contributed by atoms with Gasteiger partial charge in [-0.25, -0.2) is 4.98 Å². The largest absolute Gasteiger partial charge is 0.506 e. The summed E-state index contributed by atoms with van der Waals surface area (Å²) >= 11 is 29.4. The zero-order chi connectivity index (χ0) is 16.4. The van der Waals surface area contributed by atoms with Crippen LogP contribution in [0.2, 0.25) is 25.2 Å². The number of nitrogens with zero attached hydrogens (tertiary/aromatic N) is 2. The molecular formula is C13H8Cl5N3O. The number of hydrazone groups is 1. The molecule has 0 radical (unpaired) electrons. The number of nitrogens with one attached hydrogen (secondary N) is 1. The van der Waals surface area contributed by atoms with E-state index in [2.05, 4.69) is 15.5 Å². The molecule has 0 amide bonds. The van der Waals surface area contributed by atoms with E-state index in [4.69, 9.17) is 58.0 Å². The van der Waals surface area contributed by atoms with Crippen LogP contribution in [0.25, 0.3) is 0 Å². The molecule has 2 aromatic rings. The van der Waals surface area contributed by atoms with Gasteiger partial charge in [-0.15, -0.1) is 0 Å². The molecule has 0 bridgehead atoms. The van der Waals surface area contributed by atoms with Crippen molar-refractivity contribution < 1.29 is 5.11 Å². The van der Waals surface area contributed by atoms with Crippen molar-refractivity contribution in [2.75, 3.05) is 5.43 Å². The van der Waals surface area contributed by atoms with Gasteiger partial charge in [0.15, 0.2) is 5.82 Å². The number of aromatic hydroxyl groups is 1. The minimum Gasteiger partial charge on any atom is -0.506 e. The summed E-state index contributed by atoms with van der Waals surface area (Å²) in [5.41, 5.74) is 3.45. The molecule has 1 aromatic carbocycles. The van der Waals surface area contributed by atoms with E-state index in [1.54, 1.807) is 6.92 Å². The molecule has 0 saturated carbocycles. The fourth-order valence-electron chi connectivity index (χ4n) is 1.56. The van der Waals surface area contributed by atoms with Gasteiger partial charge >= 0.3 is 0 Å². The van der Waals surface area contributed by atoms with E-state index in [1.165, 1.54) is 18.2 Å². The van der Waals surface area contributed by atoms with Gasteiger partial charge in [0, 0.05) is 10.6 Å². The van der Waals surface area contributed by atoms with Gasteiger partial charge in [0.25, 0.3) is 0 Å². The molecule has 0 fully saturated rings. The smallest absolute Gasteiger partial charge is 0.166 e. The molecule has 4 nitrogen and oxygen atoms in total. The van der Waals surface area contributed by atoms with Crippen LogP contribution in [0.15, 0.2) is 23.3 Å². The van der Waals surface area contributed by atoms with Gasteiger partial charge in [-0.05, 0) is 25.1 Å². The molecule has 2 rings (SSSR count). The molecule has 0 aliphatic rings. The normalized spacial score (nSPS) is 11.6. The van der Waals surface area contributed by atoms with E-state index in [-0.39, 0.29) is 31.8 Å². The monoisotopic (exact) mass is 397 g/mol. The van der Waals surface area contributed by atoms with Gasteiger partial charge in [0.2, 0.25) is 0 Å². The van der Waals surface area contributed by atoms with Gasteiger partial charge in [0.1, 0.15) is 10.9 Å². The first kappa shape index (κ1) is 17.4. The number of rotatable bonds is 3.